The summed E-state index contributed by atoms with van der Waals surface area (Å²) in [5.74, 6) is 1.02. The maximum Gasteiger partial charge on any atom is 0.220 e. The van der Waals surface area contributed by atoms with Crippen LogP contribution in [0.2, 0.25) is 0 Å². The molecule has 22 heavy (non-hydrogen) atoms. The second-order valence-corrected chi connectivity index (χ2v) is 7.37. The Balaban J connectivity index is 3.34. The lowest BCUT2D eigenvalue weighted by atomic mass is 10.0. The van der Waals surface area contributed by atoms with Gasteiger partial charge in [-0.15, -0.1) is 0 Å². The maximum atomic E-state index is 11.8. The van der Waals surface area contributed by atoms with Crippen molar-refractivity contribution in [2.24, 2.45) is 5.92 Å². The van der Waals surface area contributed by atoms with Crippen LogP contribution in [0.15, 0.2) is 0 Å². The first-order valence-electron chi connectivity index (χ1n) is 9.85. The van der Waals surface area contributed by atoms with E-state index in [-0.39, 0.29) is 5.91 Å². The summed E-state index contributed by atoms with van der Waals surface area (Å²) in [5, 5.41) is 3.14. The molecule has 2 heteroatoms. The number of unbranched alkanes of at least 4 members (excludes halogenated alkanes) is 8. The molecule has 0 rings (SSSR count). The first-order valence-corrected chi connectivity index (χ1v) is 9.85. The number of hydrogen-bond acceptors (Lipinski definition) is 1. The molecular formula is C20H41NO. The molecule has 0 fully saturated rings. The minimum atomic E-state index is 0.250. The minimum absolute atomic E-state index is 0.250. The lowest BCUT2D eigenvalue weighted by molar-refractivity contribution is -0.121. The molecule has 0 aromatic carbocycles. The average Bonchev–Trinajstić information content (AvgIpc) is 2.45. The summed E-state index contributed by atoms with van der Waals surface area (Å²) in [6.07, 6.45) is 16.1. The van der Waals surface area contributed by atoms with Crippen molar-refractivity contribution in [3.05, 3.63) is 0 Å². The zero-order valence-corrected chi connectivity index (χ0v) is 15.8. The van der Waals surface area contributed by atoms with Crippen LogP contribution in [0.4, 0.5) is 0 Å². The van der Waals surface area contributed by atoms with Crippen molar-refractivity contribution in [1.29, 1.82) is 0 Å². The highest BCUT2D eigenvalue weighted by Crippen LogP contribution is 2.11. The quantitative estimate of drug-likeness (QED) is 0.356. The van der Waals surface area contributed by atoms with E-state index in [0.29, 0.717) is 12.5 Å². The van der Waals surface area contributed by atoms with E-state index in [2.05, 4.69) is 33.0 Å². The summed E-state index contributed by atoms with van der Waals surface area (Å²) in [4.78, 5) is 11.8. The molecule has 0 aliphatic heterocycles. The Labute approximate surface area is 139 Å². The molecule has 0 spiro atoms. The van der Waals surface area contributed by atoms with Crippen LogP contribution < -0.4 is 5.32 Å². The highest BCUT2D eigenvalue weighted by atomic mass is 16.1. The fraction of sp³-hybridized carbons (Fsp3) is 0.950. The first-order chi connectivity index (χ1) is 10.6. The SMILES string of the molecule is CCCCCCCCCCCC(=O)N[C@H](C)CCCC(C)C. The normalized spacial score (nSPS) is 12.6. The van der Waals surface area contributed by atoms with E-state index in [9.17, 15) is 4.79 Å². The monoisotopic (exact) mass is 311 g/mol. The van der Waals surface area contributed by atoms with Gasteiger partial charge in [-0.2, -0.15) is 0 Å². The smallest absolute Gasteiger partial charge is 0.220 e. The fourth-order valence-electron chi connectivity index (χ4n) is 2.85. The fourth-order valence-corrected chi connectivity index (χ4v) is 2.85. The van der Waals surface area contributed by atoms with Gasteiger partial charge in [0.25, 0.3) is 0 Å². The number of amides is 1. The van der Waals surface area contributed by atoms with Crippen LogP contribution in [0.3, 0.4) is 0 Å². The molecule has 0 saturated carbocycles. The number of hydrogen-bond donors (Lipinski definition) is 1. The molecule has 0 bridgehead atoms. The lowest BCUT2D eigenvalue weighted by Crippen LogP contribution is -2.32. The highest BCUT2D eigenvalue weighted by Gasteiger charge is 2.07. The zero-order chi connectivity index (χ0) is 16.6. The number of carbonyl (C=O) groups is 1. The lowest BCUT2D eigenvalue weighted by Gasteiger charge is -2.14. The molecule has 0 aliphatic rings. The number of nitrogens with one attached hydrogen (secondary N) is 1. The minimum Gasteiger partial charge on any atom is -0.354 e. The number of rotatable bonds is 15. The van der Waals surface area contributed by atoms with E-state index in [4.69, 9.17) is 0 Å². The Bertz CT molecular complexity index is 250. The van der Waals surface area contributed by atoms with Crippen molar-refractivity contribution in [3.8, 4) is 0 Å². The summed E-state index contributed by atoms with van der Waals surface area (Å²) in [7, 11) is 0. The highest BCUT2D eigenvalue weighted by molar-refractivity contribution is 5.76. The van der Waals surface area contributed by atoms with Gasteiger partial charge in [0.1, 0.15) is 0 Å². The molecule has 132 valence electrons. The van der Waals surface area contributed by atoms with Gasteiger partial charge >= 0.3 is 0 Å². The summed E-state index contributed by atoms with van der Waals surface area (Å²) in [5.41, 5.74) is 0. The molecule has 0 heterocycles. The Morgan fingerprint density at radius 3 is 1.86 bits per heavy atom. The van der Waals surface area contributed by atoms with E-state index in [1.807, 2.05) is 0 Å². The van der Waals surface area contributed by atoms with Gasteiger partial charge in [0.15, 0.2) is 0 Å². The van der Waals surface area contributed by atoms with Gasteiger partial charge in [0.2, 0.25) is 5.91 Å². The molecule has 1 amide bonds. The summed E-state index contributed by atoms with van der Waals surface area (Å²) < 4.78 is 0. The third kappa shape index (κ3) is 15.9. The molecule has 0 unspecified atom stereocenters. The van der Waals surface area contributed by atoms with Crippen LogP contribution in [0.1, 0.15) is 111 Å². The third-order valence-corrected chi connectivity index (χ3v) is 4.33. The summed E-state index contributed by atoms with van der Waals surface area (Å²) in [6.45, 7) is 8.91. The molecule has 0 saturated heterocycles. The molecule has 0 aliphatic carbocycles. The summed E-state index contributed by atoms with van der Waals surface area (Å²) in [6, 6.07) is 0.338. The van der Waals surface area contributed by atoms with Crippen molar-refractivity contribution >= 4 is 5.91 Å². The van der Waals surface area contributed by atoms with Crippen LogP contribution in [-0.2, 0) is 4.79 Å². The second-order valence-electron chi connectivity index (χ2n) is 7.37. The van der Waals surface area contributed by atoms with Crippen LogP contribution in [0.25, 0.3) is 0 Å². The topological polar surface area (TPSA) is 29.1 Å². The van der Waals surface area contributed by atoms with Crippen LogP contribution >= 0.6 is 0 Å². The zero-order valence-electron chi connectivity index (χ0n) is 15.8. The Hall–Kier alpha value is -0.530. The molecule has 1 atom stereocenters. The van der Waals surface area contributed by atoms with Gasteiger partial charge < -0.3 is 5.32 Å². The van der Waals surface area contributed by atoms with E-state index in [1.54, 1.807) is 0 Å². The number of carbonyl (C=O) groups excluding carboxylic acids is 1. The van der Waals surface area contributed by atoms with Gasteiger partial charge in [-0.25, -0.2) is 0 Å². The predicted molar refractivity (Wildman–Crippen MR) is 98.1 cm³/mol. The van der Waals surface area contributed by atoms with Crippen molar-refractivity contribution in [2.75, 3.05) is 0 Å². The van der Waals surface area contributed by atoms with Crippen LogP contribution in [0, 0.1) is 5.92 Å². The van der Waals surface area contributed by atoms with Crippen molar-refractivity contribution in [3.63, 3.8) is 0 Å². The molecule has 2 nitrogen and oxygen atoms in total. The molecular weight excluding hydrogens is 270 g/mol. The predicted octanol–water partition coefficient (Wildman–Crippen LogP) is 6.24. The van der Waals surface area contributed by atoms with Gasteiger partial charge in [0.05, 0.1) is 0 Å². The largest absolute Gasteiger partial charge is 0.354 e. The van der Waals surface area contributed by atoms with Gasteiger partial charge in [-0.05, 0) is 25.7 Å². The molecule has 1 N–H and O–H groups in total. The Morgan fingerprint density at radius 2 is 1.32 bits per heavy atom. The van der Waals surface area contributed by atoms with E-state index in [1.165, 1.54) is 64.2 Å². The molecule has 0 radical (unpaired) electrons. The van der Waals surface area contributed by atoms with Crippen LogP contribution in [0.5, 0.6) is 0 Å². The van der Waals surface area contributed by atoms with Crippen molar-refractivity contribution in [1.82, 2.24) is 5.32 Å². The van der Waals surface area contributed by atoms with E-state index >= 15 is 0 Å². The van der Waals surface area contributed by atoms with Crippen LogP contribution in [-0.4, -0.2) is 11.9 Å². The standard InChI is InChI=1S/C20H41NO/c1-5-6-7-8-9-10-11-12-13-17-20(22)21-19(4)16-14-15-18(2)3/h18-19H,5-17H2,1-4H3,(H,21,22)/t19-/m1/s1. The van der Waals surface area contributed by atoms with Gasteiger partial charge in [-0.3, -0.25) is 4.79 Å². The third-order valence-electron chi connectivity index (χ3n) is 4.33. The van der Waals surface area contributed by atoms with E-state index in [0.717, 1.165) is 18.8 Å². The summed E-state index contributed by atoms with van der Waals surface area (Å²) >= 11 is 0. The van der Waals surface area contributed by atoms with Gasteiger partial charge in [-0.1, -0.05) is 85.0 Å². The Morgan fingerprint density at radius 1 is 0.773 bits per heavy atom. The van der Waals surface area contributed by atoms with Crippen molar-refractivity contribution in [2.45, 2.75) is 117 Å². The first kappa shape index (κ1) is 21.5. The molecule has 0 aromatic heterocycles. The Kier molecular flexibility index (Phi) is 15.0. The van der Waals surface area contributed by atoms with E-state index < -0.39 is 0 Å². The van der Waals surface area contributed by atoms with Gasteiger partial charge in [0, 0.05) is 12.5 Å². The second kappa shape index (κ2) is 15.4. The average molecular weight is 312 g/mol. The van der Waals surface area contributed by atoms with Crippen molar-refractivity contribution < 1.29 is 4.79 Å². The maximum absolute atomic E-state index is 11.8. The molecule has 0 aromatic rings.